The summed E-state index contributed by atoms with van der Waals surface area (Å²) in [6, 6.07) is 12.8. The van der Waals surface area contributed by atoms with Crippen LogP contribution in [0.2, 0.25) is 15.1 Å². The van der Waals surface area contributed by atoms with Crippen LogP contribution in [-0.2, 0) is 4.79 Å². The highest BCUT2D eigenvalue weighted by molar-refractivity contribution is 6.39. The molecule has 0 radical (unpaired) electrons. The van der Waals surface area contributed by atoms with Gasteiger partial charge in [-0.2, -0.15) is 0 Å². The summed E-state index contributed by atoms with van der Waals surface area (Å²) >= 11 is 17.9. The number of nitrogens with one attached hydrogen (secondary N) is 1. The molecule has 2 aromatic rings. The number of carbonyl (C=O) groups is 1. The number of quaternary nitrogens is 1. The topological polar surface area (TPSA) is 45.7 Å². The first-order valence-electron chi connectivity index (χ1n) is 6.80. The van der Waals surface area contributed by atoms with Crippen LogP contribution in [-0.4, -0.2) is 12.5 Å². The molecule has 1 amide bonds. The number of hydrogen-bond acceptors (Lipinski definition) is 1. The Balaban J connectivity index is 1.91. The van der Waals surface area contributed by atoms with Crippen molar-refractivity contribution in [3.8, 4) is 0 Å². The maximum Gasteiger partial charge on any atom is 0.279 e. The van der Waals surface area contributed by atoms with Gasteiger partial charge in [-0.3, -0.25) is 4.79 Å². The van der Waals surface area contributed by atoms with Gasteiger partial charge in [-0.1, -0.05) is 53.0 Å². The lowest BCUT2D eigenvalue weighted by atomic mass is 10.1. The molecule has 2 aromatic carbocycles. The Bertz CT molecular complexity index is 639. The highest BCUT2D eigenvalue weighted by atomic mass is 35.5. The summed E-state index contributed by atoms with van der Waals surface area (Å²) < 4.78 is 0. The number of hydrogen-bond donors (Lipinski definition) is 2. The summed E-state index contributed by atoms with van der Waals surface area (Å²) in [7, 11) is 0. The first-order chi connectivity index (χ1) is 10.5. The number of amides is 1. The van der Waals surface area contributed by atoms with Gasteiger partial charge in [-0.15, -0.1) is 0 Å². The predicted molar refractivity (Wildman–Crippen MR) is 91.8 cm³/mol. The Morgan fingerprint density at radius 2 is 1.68 bits per heavy atom. The van der Waals surface area contributed by atoms with E-state index >= 15 is 0 Å². The van der Waals surface area contributed by atoms with Gasteiger partial charge in [0.1, 0.15) is 6.04 Å². The molecule has 0 fully saturated rings. The molecule has 0 saturated heterocycles. The molecule has 3 N–H and O–H groups in total. The van der Waals surface area contributed by atoms with E-state index in [-0.39, 0.29) is 18.5 Å². The molecule has 116 valence electrons. The van der Waals surface area contributed by atoms with Crippen LogP contribution in [0.25, 0.3) is 0 Å². The molecule has 3 nitrogen and oxygen atoms in total. The SMILES string of the molecule is C[C@H]([NH2+]CC(=O)Nc1c(Cl)cccc1Cl)c1ccc(Cl)cc1. The van der Waals surface area contributed by atoms with Crippen molar-refractivity contribution < 1.29 is 10.1 Å². The minimum atomic E-state index is -0.157. The number of carbonyl (C=O) groups excluding carboxylic acids is 1. The quantitative estimate of drug-likeness (QED) is 0.836. The number of benzene rings is 2. The van der Waals surface area contributed by atoms with Crippen LogP contribution >= 0.6 is 34.8 Å². The van der Waals surface area contributed by atoms with Gasteiger partial charge < -0.3 is 10.6 Å². The zero-order chi connectivity index (χ0) is 16.1. The van der Waals surface area contributed by atoms with Gasteiger partial charge in [-0.25, -0.2) is 0 Å². The van der Waals surface area contributed by atoms with E-state index in [1.54, 1.807) is 18.2 Å². The molecule has 0 unspecified atom stereocenters. The molecule has 0 aliphatic heterocycles. The molecular weight excluding hydrogens is 343 g/mol. The van der Waals surface area contributed by atoms with Crippen LogP contribution in [0.3, 0.4) is 0 Å². The maximum atomic E-state index is 12.0. The lowest BCUT2D eigenvalue weighted by molar-refractivity contribution is -0.682. The third-order valence-corrected chi connectivity index (χ3v) is 4.16. The normalized spacial score (nSPS) is 12.0. The third kappa shape index (κ3) is 4.62. The van der Waals surface area contributed by atoms with E-state index in [1.807, 2.05) is 36.5 Å². The molecule has 0 bridgehead atoms. The van der Waals surface area contributed by atoms with E-state index in [1.165, 1.54) is 0 Å². The van der Waals surface area contributed by atoms with Crippen LogP contribution in [0.1, 0.15) is 18.5 Å². The fourth-order valence-electron chi connectivity index (χ4n) is 1.99. The number of para-hydroxylation sites is 1. The first-order valence-corrected chi connectivity index (χ1v) is 7.93. The van der Waals surface area contributed by atoms with Crippen molar-refractivity contribution in [1.82, 2.24) is 0 Å². The zero-order valence-corrected chi connectivity index (χ0v) is 14.2. The molecule has 2 rings (SSSR count). The number of halogens is 3. The van der Waals surface area contributed by atoms with E-state index in [0.29, 0.717) is 20.8 Å². The van der Waals surface area contributed by atoms with E-state index in [9.17, 15) is 4.79 Å². The highest BCUT2D eigenvalue weighted by Gasteiger charge is 2.14. The summed E-state index contributed by atoms with van der Waals surface area (Å²) in [5.74, 6) is -0.157. The summed E-state index contributed by atoms with van der Waals surface area (Å²) in [4.78, 5) is 12.0. The van der Waals surface area contributed by atoms with Crippen LogP contribution in [0, 0.1) is 0 Å². The second-order valence-corrected chi connectivity index (χ2v) is 6.18. The first kappa shape index (κ1) is 17.1. The van der Waals surface area contributed by atoms with Gasteiger partial charge in [0, 0.05) is 10.6 Å². The van der Waals surface area contributed by atoms with Gasteiger partial charge in [0.15, 0.2) is 6.54 Å². The standard InChI is InChI=1S/C16H15Cl3N2O/c1-10(11-5-7-12(17)8-6-11)20-9-15(22)21-16-13(18)3-2-4-14(16)19/h2-8,10,20H,9H2,1H3,(H,21,22)/p+1/t10-/m0/s1. The zero-order valence-electron chi connectivity index (χ0n) is 11.9. The molecule has 0 saturated carbocycles. The van der Waals surface area contributed by atoms with Crippen LogP contribution in [0.15, 0.2) is 42.5 Å². The number of anilines is 1. The second-order valence-electron chi connectivity index (χ2n) is 4.92. The van der Waals surface area contributed by atoms with Crippen molar-refractivity contribution in [1.29, 1.82) is 0 Å². The fourth-order valence-corrected chi connectivity index (χ4v) is 2.61. The highest BCUT2D eigenvalue weighted by Crippen LogP contribution is 2.29. The molecule has 0 spiro atoms. The van der Waals surface area contributed by atoms with Crippen molar-refractivity contribution in [3.63, 3.8) is 0 Å². The molecule has 0 heterocycles. The fraction of sp³-hybridized carbons (Fsp3) is 0.188. The molecular formula is C16H16Cl3N2O+. The summed E-state index contributed by atoms with van der Waals surface area (Å²) in [6.45, 7) is 2.30. The number of nitrogens with two attached hydrogens (primary N) is 1. The lowest BCUT2D eigenvalue weighted by Gasteiger charge is -2.12. The molecule has 0 aliphatic carbocycles. The Hall–Kier alpha value is -1.26. The molecule has 0 aliphatic rings. The van der Waals surface area contributed by atoms with Crippen LogP contribution in [0.5, 0.6) is 0 Å². The molecule has 1 atom stereocenters. The average Bonchev–Trinajstić information content (AvgIpc) is 2.49. The van der Waals surface area contributed by atoms with Gasteiger partial charge in [0.25, 0.3) is 5.91 Å². The van der Waals surface area contributed by atoms with Gasteiger partial charge in [0.05, 0.1) is 15.7 Å². The van der Waals surface area contributed by atoms with Gasteiger partial charge in [-0.05, 0) is 31.2 Å². The smallest absolute Gasteiger partial charge is 0.279 e. The summed E-state index contributed by atoms with van der Waals surface area (Å²) in [5.41, 5.74) is 1.55. The van der Waals surface area contributed by atoms with E-state index in [0.717, 1.165) is 5.56 Å². The Morgan fingerprint density at radius 3 is 2.27 bits per heavy atom. The third-order valence-electron chi connectivity index (χ3n) is 3.28. The Kier molecular flexibility index (Phi) is 6.09. The Labute approximate surface area is 144 Å². The summed E-state index contributed by atoms with van der Waals surface area (Å²) in [6.07, 6.45) is 0. The average molecular weight is 359 g/mol. The van der Waals surface area contributed by atoms with Crippen LogP contribution < -0.4 is 10.6 Å². The second kappa shape index (κ2) is 7.84. The van der Waals surface area contributed by atoms with E-state index in [2.05, 4.69) is 5.32 Å². The Morgan fingerprint density at radius 1 is 1.09 bits per heavy atom. The van der Waals surface area contributed by atoms with Gasteiger partial charge in [0.2, 0.25) is 0 Å². The van der Waals surface area contributed by atoms with Crippen molar-refractivity contribution in [2.45, 2.75) is 13.0 Å². The van der Waals surface area contributed by atoms with Crippen molar-refractivity contribution in [2.75, 3.05) is 11.9 Å². The van der Waals surface area contributed by atoms with E-state index < -0.39 is 0 Å². The summed E-state index contributed by atoms with van der Waals surface area (Å²) in [5, 5.41) is 6.21. The molecule has 6 heteroatoms. The van der Waals surface area contributed by atoms with Crippen molar-refractivity contribution in [2.24, 2.45) is 0 Å². The monoisotopic (exact) mass is 357 g/mol. The van der Waals surface area contributed by atoms with Gasteiger partial charge >= 0.3 is 0 Å². The largest absolute Gasteiger partial charge is 0.333 e. The van der Waals surface area contributed by atoms with Crippen molar-refractivity contribution >= 4 is 46.4 Å². The minimum Gasteiger partial charge on any atom is -0.333 e. The van der Waals surface area contributed by atoms with Crippen LogP contribution in [0.4, 0.5) is 5.69 Å². The van der Waals surface area contributed by atoms with E-state index in [4.69, 9.17) is 34.8 Å². The molecule has 22 heavy (non-hydrogen) atoms. The number of rotatable bonds is 5. The minimum absolute atomic E-state index is 0.143. The molecule has 0 aromatic heterocycles. The van der Waals surface area contributed by atoms with Crippen molar-refractivity contribution in [3.05, 3.63) is 63.1 Å². The predicted octanol–water partition coefficient (Wildman–Crippen LogP) is 3.91. The lowest BCUT2D eigenvalue weighted by Crippen LogP contribution is -2.86. The maximum absolute atomic E-state index is 12.0.